The highest BCUT2D eigenvalue weighted by Crippen LogP contribution is 2.18. The molecule has 0 aliphatic heterocycles. The molecule has 0 saturated carbocycles. The van der Waals surface area contributed by atoms with E-state index < -0.39 is 0 Å². The first-order valence-corrected chi connectivity index (χ1v) is 4.36. The summed E-state index contributed by atoms with van der Waals surface area (Å²) >= 11 is 5.80. The van der Waals surface area contributed by atoms with E-state index in [9.17, 15) is 0 Å². The zero-order valence-corrected chi connectivity index (χ0v) is 10.5. The summed E-state index contributed by atoms with van der Waals surface area (Å²) in [6.45, 7) is 4.13. The van der Waals surface area contributed by atoms with Crippen LogP contribution in [0.25, 0.3) is 0 Å². The van der Waals surface area contributed by atoms with Gasteiger partial charge in [-0.1, -0.05) is 25.4 Å². The predicted octanol–water partition coefficient (Wildman–Crippen LogP) is 3.23. The molecule has 0 aliphatic carbocycles. The van der Waals surface area contributed by atoms with Gasteiger partial charge in [0.2, 0.25) is 0 Å². The SMILES string of the molecule is CC(C)[C@@H](N)c1cc(Cl)ccn1.Cl.Cl. The maximum Gasteiger partial charge on any atom is 0.0588 e. The fraction of sp³-hybridized carbons (Fsp3) is 0.444. The molecule has 82 valence electrons. The number of hydrogen-bond donors (Lipinski definition) is 1. The summed E-state index contributed by atoms with van der Waals surface area (Å²) in [4.78, 5) is 4.15. The number of aromatic nitrogens is 1. The Balaban J connectivity index is 0. The summed E-state index contributed by atoms with van der Waals surface area (Å²) in [5, 5.41) is 0.691. The fourth-order valence-electron chi connectivity index (χ4n) is 0.945. The molecule has 0 amide bonds. The van der Waals surface area contributed by atoms with Crippen molar-refractivity contribution in [3.05, 3.63) is 29.0 Å². The molecule has 14 heavy (non-hydrogen) atoms. The lowest BCUT2D eigenvalue weighted by Crippen LogP contribution is -2.17. The number of pyridine rings is 1. The van der Waals surface area contributed by atoms with Crippen LogP contribution in [-0.2, 0) is 0 Å². The highest BCUT2D eigenvalue weighted by molar-refractivity contribution is 6.30. The lowest BCUT2D eigenvalue weighted by atomic mass is 10.0. The van der Waals surface area contributed by atoms with E-state index in [-0.39, 0.29) is 30.9 Å². The maximum atomic E-state index is 5.89. The Morgan fingerprint density at radius 3 is 2.36 bits per heavy atom. The van der Waals surface area contributed by atoms with Gasteiger partial charge in [0.15, 0.2) is 0 Å². The number of rotatable bonds is 2. The van der Waals surface area contributed by atoms with E-state index in [4.69, 9.17) is 17.3 Å². The Bertz CT molecular complexity index is 266. The minimum atomic E-state index is -0.0244. The van der Waals surface area contributed by atoms with Gasteiger partial charge in [0.1, 0.15) is 0 Å². The molecule has 0 spiro atoms. The first kappa shape index (κ1) is 16.4. The highest BCUT2D eigenvalue weighted by atomic mass is 35.5. The summed E-state index contributed by atoms with van der Waals surface area (Å²) in [5.41, 5.74) is 6.74. The smallest absolute Gasteiger partial charge is 0.0588 e. The van der Waals surface area contributed by atoms with Gasteiger partial charge in [-0.05, 0) is 18.1 Å². The van der Waals surface area contributed by atoms with Crippen molar-refractivity contribution in [2.45, 2.75) is 19.9 Å². The van der Waals surface area contributed by atoms with E-state index in [1.165, 1.54) is 0 Å². The van der Waals surface area contributed by atoms with E-state index in [1.54, 1.807) is 12.3 Å². The quantitative estimate of drug-likeness (QED) is 0.883. The Morgan fingerprint density at radius 1 is 1.36 bits per heavy atom. The van der Waals surface area contributed by atoms with Crippen LogP contribution in [0.2, 0.25) is 5.02 Å². The predicted molar refractivity (Wildman–Crippen MR) is 65.5 cm³/mol. The largest absolute Gasteiger partial charge is 0.322 e. The molecule has 1 rings (SSSR count). The van der Waals surface area contributed by atoms with Crippen molar-refractivity contribution in [3.63, 3.8) is 0 Å². The van der Waals surface area contributed by atoms with Crippen LogP contribution < -0.4 is 5.73 Å². The fourth-order valence-corrected chi connectivity index (χ4v) is 1.11. The van der Waals surface area contributed by atoms with Crippen LogP contribution >= 0.6 is 36.4 Å². The molecule has 1 aromatic heterocycles. The third kappa shape index (κ3) is 4.47. The number of halogens is 3. The van der Waals surface area contributed by atoms with E-state index in [1.807, 2.05) is 6.07 Å². The summed E-state index contributed by atoms with van der Waals surface area (Å²) in [6, 6.07) is 3.54. The molecule has 5 heteroatoms. The average molecular weight is 258 g/mol. The lowest BCUT2D eigenvalue weighted by molar-refractivity contribution is 0.503. The van der Waals surface area contributed by atoms with Crippen molar-refractivity contribution in [1.82, 2.24) is 4.98 Å². The van der Waals surface area contributed by atoms with Crippen molar-refractivity contribution in [1.29, 1.82) is 0 Å². The number of nitrogens with zero attached hydrogens (tertiary/aromatic N) is 1. The van der Waals surface area contributed by atoms with Crippen molar-refractivity contribution < 1.29 is 0 Å². The third-order valence-electron chi connectivity index (χ3n) is 1.80. The van der Waals surface area contributed by atoms with Gasteiger partial charge < -0.3 is 5.73 Å². The second-order valence-corrected chi connectivity index (χ2v) is 3.61. The Kier molecular flexibility index (Phi) is 8.55. The van der Waals surface area contributed by atoms with E-state index in [0.717, 1.165) is 5.69 Å². The van der Waals surface area contributed by atoms with Crippen molar-refractivity contribution >= 4 is 36.4 Å². The van der Waals surface area contributed by atoms with E-state index in [0.29, 0.717) is 10.9 Å². The van der Waals surface area contributed by atoms with Crippen LogP contribution in [0.15, 0.2) is 18.3 Å². The van der Waals surface area contributed by atoms with Crippen LogP contribution in [0.3, 0.4) is 0 Å². The Labute approximate surface area is 102 Å². The molecule has 1 atom stereocenters. The molecular formula is C9H15Cl3N2. The molecule has 0 aromatic carbocycles. The van der Waals surface area contributed by atoms with Gasteiger partial charge in [-0.3, -0.25) is 4.98 Å². The van der Waals surface area contributed by atoms with Crippen molar-refractivity contribution in [3.8, 4) is 0 Å². The first-order valence-electron chi connectivity index (χ1n) is 3.98. The van der Waals surface area contributed by atoms with E-state index in [2.05, 4.69) is 18.8 Å². The van der Waals surface area contributed by atoms with Crippen molar-refractivity contribution in [2.75, 3.05) is 0 Å². The molecule has 0 fully saturated rings. The molecular weight excluding hydrogens is 242 g/mol. The Morgan fingerprint density at radius 2 is 1.93 bits per heavy atom. The van der Waals surface area contributed by atoms with Gasteiger partial charge in [0.25, 0.3) is 0 Å². The third-order valence-corrected chi connectivity index (χ3v) is 2.04. The molecule has 0 radical (unpaired) electrons. The van der Waals surface area contributed by atoms with Gasteiger partial charge in [-0.2, -0.15) is 0 Å². The molecule has 1 aromatic rings. The van der Waals surface area contributed by atoms with Crippen LogP contribution in [-0.4, -0.2) is 4.98 Å². The molecule has 2 N–H and O–H groups in total. The summed E-state index contributed by atoms with van der Waals surface area (Å²) in [6.07, 6.45) is 1.68. The first-order chi connectivity index (χ1) is 5.61. The summed E-state index contributed by atoms with van der Waals surface area (Å²) in [5.74, 6) is 0.385. The number of hydrogen-bond acceptors (Lipinski definition) is 2. The normalized spacial score (nSPS) is 11.5. The monoisotopic (exact) mass is 256 g/mol. The van der Waals surface area contributed by atoms with Crippen LogP contribution in [0.4, 0.5) is 0 Å². The van der Waals surface area contributed by atoms with Crippen molar-refractivity contribution in [2.24, 2.45) is 11.7 Å². The molecule has 1 heterocycles. The molecule has 0 saturated heterocycles. The maximum absolute atomic E-state index is 5.89. The van der Waals surface area contributed by atoms with E-state index >= 15 is 0 Å². The van der Waals surface area contributed by atoms with Gasteiger partial charge >= 0.3 is 0 Å². The minimum absolute atomic E-state index is 0. The molecule has 0 aliphatic rings. The van der Waals surface area contributed by atoms with Gasteiger partial charge in [0.05, 0.1) is 5.69 Å². The second kappa shape index (κ2) is 7.30. The topological polar surface area (TPSA) is 38.9 Å². The molecule has 2 nitrogen and oxygen atoms in total. The lowest BCUT2D eigenvalue weighted by Gasteiger charge is -2.14. The number of nitrogens with two attached hydrogens (primary N) is 1. The van der Waals surface area contributed by atoms with Crippen LogP contribution in [0.5, 0.6) is 0 Å². The van der Waals surface area contributed by atoms with Crippen LogP contribution in [0, 0.1) is 5.92 Å². The second-order valence-electron chi connectivity index (χ2n) is 3.17. The highest BCUT2D eigenvalue weighted by Gasteiger charge is 2.11. The average Bonchev–Trinajstić information content (AvgIpc) is 2.03. The zero-order valence-electron chi connectivity index (χ0n) is 8.11. The van der Waals surface area contributed by atoms with Gasteiger partial charge in [0, 0.05) is 17.3 Å². The summed E-state index contributed by atoms with van der Waals surface area (Å²) in [7, 11) is 0. The standard InChI is InChI=1S/C9H13ClN2.2ClH/c1-6(2)9(11)8-5-7(10)3-4-12-8;;/h3-6,9H,11H2,1-2H3;2*1H/t9-;;/m1../s1. The molecule has 0 unspecified atom stereocenters. The zero-order chi connectivity index (χ0) is 9.14. The Hall–Kier alpha value is -0.0200. The van der Waals surface area contributed by atoms with Gasteiger partial charge in [-0.25, -0.2) is 0 Å². The summed E-state index contributed by atoms with van der Waals surface area (Å²) < 4.78 is 0. The van der Waals surface area contributed by atoms with Crippen LogP contribution in [0.1, 0.15) is 25.6 Å². The molecule has 0 bridgehead atoms. The minimum Gasteiger partial charge on any atom is -0.322 e. The van der Waals surface area contributed by atoms with Gasteiger partial charge in [-0.15, -0.1) is 24.8 Å².